The minimum absolute atomic E-state index is 0.309. The van der Waals surface area contributed by atoms with Crippen LogP contribution in [0, 0.1) is 0 Å². The maximum Gasteiger partial charge on any atom is 0.242 e. The van der Waals surface area contributed by atoms with Gasteiger partial charge in [-0.25, -0.2) is 0 Å². The number of hydrogen-bond donors (Lipinski definition) is 1. The largest absolute Gasteiger partial charge is 0.399 e. The Kier molecular flexibility index (Phi) is 2.55. The smallest absolute Gasteiger partial charge is 0.242 e. The van der Waals surface area contributed by atoms with Gasteiger partial charge in [0.1, 0.15) is 0 Å². The van der Waals surface area contributed by atoms with Crippen LogP contribution in [0.15, 0.2) is 42.6 Å². The summed E-state index contributed by atoms with van der Waals surface area (Å²) >= 11 is 0. The van der Waals surface area contributed by atoms with Gasteiger partial charge in [-0.1, -0.05) is 0 Å². The molecule has 0 spiro atoms. The number of nitrogens with two attached hydrogens (primary N) is 1. The molecule has 1 aromatic carbocycles. The van der Waals surface area contributed by atoms with Gasteiger partial charge in [-0.2, -0.15) is 0 Å². The SMILES string of the molecule is Nc1ccc(-n2cccc2C(=O)C=O)cc1. The molecule has 16 heavy (non-hydrogen) atoms. The number of benzene rings is 1. The average molecular weight is 214 g/mol. The number of carbonyl (C=O) groups excluding carboxylic acids is 2. The fraction of sp³-hybridized carbons (Fsp3) is 0. The number of Topliss-reactive ketones (excluding diaryl/α,β-unsaturated/α-hetero) is 1. The van der Waals surface area contributed by atoms with Crippen LogP contribution in [0.2, 0.25) is 0 Å². The first-order valence-corrected chi connectivity index (χ1v) is 4.75. The van der Waals surface area contributed by atoms with E-state index in [2.05, 4.69) is 0 Å². The van der Waals surface area contributed by atoms with Crippen molar-refractivity contribution in [3.05, 3.63) is 48.3 Å². The molecule has 0 bridgehead atoms. The minimum atomic E-state index is -0.540. The number of rotatable bonds is 3. The number of nitrogen functional groups attached to an aromatic ring is 1. The molecule has 0 aliphatic heterocycles. The molecule has 0 radical (unpaired) electrons. The number of hydrogen-bond acceptors (Lipinski definition) is 3. The van der Waals surface area contributed by atoms with Gasteiger partial charge in [0.05, 0.1) is 5.69 Å². The molecule has 2 N–H and O–H groups in total. The second kappa shape index (κ2) is 4.02. The Morgan fingerprint density at radius 3 is 2.50 bits per heavy atom. The Hall–Kier alpha value is -2.36. The number of aromatic nitrogens is 1. The highest BCUT2D eigenvalue weighted by atomic mass is 16.2. The van der Waals surface area contributed by atoms with Crippen molar-refractivity contribution in [2.24, 2.45) is 0 Å². The van der Waals surface area contributed by atoms with E-state index in [0.29, 0.717) is 17.7 Å². The van der Waals surface area contributed by atoms with Gasteiger partial charge in [0.15, 0.2) is 6.29 Å². The summed E-state index contributed by atoms with van der Waals surface area (Å²) in [6.07, 6.45) is 2.03. The van der Waals surface area contributed by atoms with Gasteiger partial charge in [0.25, 0.3) is 0 Å². The van der Waals surface area contributed by atoms with Crippen molar-refractivity contribution >= 4 is 17.8 Å². The van der Waals surface area contributed by atoms with E-state index >= 15 is 0 Å². The van der Waals surface area contributed by atoms with Gasteiger partial charge >= 0.3 is 0 Å². The van der Waals surface area contributed by atoms with Gasteiger partial charge in [0, 0.05) is 17.6 Å². The van der Waals surface area contributed by atoms with Crippen molar-refractivity contribution in [3.63, 3.8) is 0 Å². The second-order valence-electron chi connectivity index (χ2n) is 3.34. The van der Waals surface area contributed by atoms with Crippen LogP contribution in [0.1, 0.15) is 10.5 Å². The Labute approximate surface area is 92.3 Å². The molecular weight excluding hydrogens is 204 g/mol. The molecule has 2 rings (SSSR count). The van der Waals surface area contributed by atoms with Crippen molar-refractivity contribution in [2.45, 2.75) is 0 Å². The Balaban J connectivity index is 2.48. The molecule has 4 heteroatoms. The molecule has 0 atom stereocenters. The first-order chi connectivity index (χ1) is 7.72. The van der Waals surface area contributed by atoms with Crippen LogP contribution in [-0.2, 0) is 4.79 Å². The van der Waals surface area contributed by atoms with Crippen LogP contribution in [0.3, 0.4) is 0 Å². The van der Waals surface area contributed by atoms with Crippen molar-refractivity contribution in [1.82, 2.24) is 4.57 Å². The third-order valence-electron chi connectivity index (χ3n) is 2.28. The highest BCUT2D eigenvalue weighted by molar-refractivity contribution is 6.32. The molecule has 0 fully saturated rings. The van der Waals surface area contributed by atoms with E-state index in [-0.39, 0.29) is 0 Å². The zero-order chi connectivity index (χ0) is 11.5. The number of anilines is 1. The molecule has 80 valence electrons. The lowest BCUT2D eigenvalue weighted by Crippen LogP contribution is -2.07. The summed E-state index contributed by atoms with van der Waals surface area (Å²) < 4.78 is 1.65. The van der Waals surface area contributed by atoms with Crippen LogP contribution >= 0.6 is 0 Å². The van der Waals surface area contributed by atoms with Crippen molar-refractivity contribution in [3.8, 4) is 5.69 Å². The summed E-state index contributed by atoms with van der Waals surface area (Å²) in [5.74, 6) is -0.540. The van der Waals surface area contributed by atoms with Gasteiger partial charge < -0.3 is 10.3 Å². The normalized spacial score (nSPS) is 10.0. The van der Waals surface area contributed by atoms with Gasteiger partial charge in [0.2, 0.25) is 5.78 Å². The lowest BCUT2D eigenvalue weighted by atomic mass is 10.2. The summed E-state index contributed by atoms with van der Waals surface area (Å²) in [6, 6.07) is 10.4. The van der Waals surface area contributed by atoms with E-state index in [9.17, 15) is 9.59 Å². The van der Waals surface area contributed by atoms with Crippen LogP contribution in [0.5, 0.6) is 0 Å². The molecule has 0 aliphatic carbocycles. The maximum absolute atomic E-state index is 11.3. The standard InChI is InChI=1S/C12H10N2O2/c13-9-3-5-10(6-4-9)14-7-1-2-11(14)12(16)8-15/h1-8H,13H2. The van der Waals surface area contributed by atoms with Crippen molar-refractivity contribution in [1.29, 1.82) is 0 Å². The Bertz CT molecular complexity index is 526. The highest BCUT2D eigenvalue weighted by Crippen LogP contribution is 2.14. The predicted molar refractivity (Wildman–Crippen MR) is 60.6 cm³/mol. The Morgan fingerprint density at radius 2 is 1.88 bits per heavy atom. The van der Waals surface area contributed by atoms with Crippen molar-refractivity contribution < 1.29 is 9.59 Å². The number of nitrogens with zero attached hydrogens (tertiary/aromatic N) is 1. The third-order valence-corrected chi connectivity index (χ3v) is 2.28. The molecule has 0 saturated heterocycles. The molecule has 0 amide bonds. The second-order valence-corrected chi connectivity index (χ2v) is 3.34. The van der Waals surface area contributed by atoms with Crippen LogP contribution < -0.4 is 5.73 Å². The third kappa shape index (κ3) is 1.72. The summed E-state index contributed by atoms with van der Waals surface area (Å²) in [4.78, 5) is 21.8. The topological polar surface area (TPSA) is 65.1 Å². The van der Waals surface area contributed by atoms with E-state index in [4.69, 9.17) is 5.73 Å². The zero-order valence-corrected chi connectivity index (χ0v) is 8.46. The summed E-state index contributed by atoms with van der Waals surface area (Å²) in [6.45, 7) is 0. The fourth-order valence-corrected chi connectivity index (χ4v) is 1.50. The van der Waals surface area contributed by atoms with Gasteiger partial charge in [-0.3, -0.25) is 9.59 Å². The minimum Gasteiger partial charge on any atom is -0.399 e. The van der Waals surface area contributed by atoms with Crippen LogP contribution in [0.25, 0.3) is 5.69 Å². The number of ketones is 1. The average Bonchev–Trinajstić information content (AvgIpc) is 2.78. The Morgan fingerprint density at radius 1 is 1.19 bits per heavy atom. The van der Waals surface area contributed by atoms with Crippen LogP contribution in [0.4, 0.5) is 5.69 Å². The van der Waals surface area contributed by atoms with Crippen LogP contribution in [-0.4, -0.2) is 16.6 Å². The number of aldehydes is 1. The first kappa shape index (κ1) is 10.2. The lowest BCUT2D eigenvalue weighted by Gasteiger charge is -2.06. The first-order valence-electron chi connectivity index (χ1n) is 4.75. The summed E-state index contributed by atoms with van der Waals surface area (Å²) in [5.41, 5.74) is 7.37. The fourth-order valence-electron chi connectivity index (χ4n) is 1.50. The van der Waals surface area contributed by atoms with E-state index < -0.39 is 5.78 Å². The van der Waals surface area contributed by atoms with Crippen molar-refractivity contribution in [2.75, 3.05) is 5.73 Å². The molecule has 1 heterocycles. The monoisotopic (exact) mass is 214 g/mol. The lowest BCUT2D eigenvalue weighted by molar-refractivity contribution is -0.104. The summed E-state index contributed by atoms with van der Waals surface area (Å²) in [5, 5.41) is 0. The highest BCUT2D eigenvalue weighted by Gasteiger charge is 2.10. The van der Waals surface area contributed by atoms with E-state index in [1.165, 1.54) is 0 Å². The molecular formula is C12H10N2O2. The maximum atomic E-state index is 11.3. The quantitative estimate of drug-likeness (QED) is 0.364. The zero-order valence-electron chi connectivity index (χ0n) is 8.46. The van der Waals surface area contributed by atoms with E-state index in [0.717, 1.165) is 5.69 Å². The summed E-state index contributed by atoms with van der Waals surface area (Å²) in [7, 11) is 0. The number of carbonyl (C=O) groups is 2. The van der Waals surface area contributed by atoms with E-state index in [1.807, 2.05) is 0 Å². The molecule has 2 aromatic rings. The molecule has 0 saturated carbocycles. The van der Waals surface area contributed by atoms with Gasteiger partial charge in [-0.05, 0) is 36.4 Å². The predicted octanol–water partition coefficient (Wildman–Crippen LogP) is 1.44. The molecule has 1 aromatic heterocycles. The molecule has 0 aliphatic rings. The van der Waals surface area contributed by atoms with Gasteiger partial charge in [-0.15, -0.1) is 0 Å². The molecule has 0 unspecified atom stereocenters. The van der Waals surface area contributed by atoms with E-state index in [1.54, 1.807) is 47.2 Å². The molecule has 4 nitrogen and oxygen atoms in total.